The van der Waals surface area contributed by atoms with Gasteiger partial charge in [0.25, 0.3) is 0 Å². The van der Waals surface area contributed by atoms with E-state index in [-0.39, 0.29) is 0 Å². The van der Waals surface area contributed by atoms with Gasteiger partial charge in [-0.15, -0.1) is 0 Å². The summed E-state index contributed by atoms with van der Waals surface area (Å²) in [6.45, 7) is 1.83. The van der Waals surface area contributed by atoms with Crippen LogP contribution >= 0.6 is 0 Å². The van der Waals surface area contributed by atoms with Crippen molar-refractivity contribution in [3.63, 3.8) is 0 Å². The Morgan fingerprint density at radius 3 is 2.33 bits per heavy atom. The van der Waals surface area contributed by atoms with E-state index in [4.69, 9.17) is 5.73 Å². The van der Waals surface area contributed by atoms with E-state index in [9.17, 15) is 17.6 Å². The summed E-state index contributed by atoms with van der Waals surface area (Å²) in [4.78, 5) is 0. The van der Waals surface area contributed by atoms with Crippen LogP contribution in [-0.4, -0.2) is 15.8 Å². The van der Waals surface area contributed by atoms with Gasteiger partial charge in [0.05, 0.1) is 17.8 Å². The molecule has 2 N–H and O–H groups in total. The van der Waals surface area contributed by atoms with Crippen LogP contribution in [0.5, 0.6) is 0 Å². The van der Waals surface area contributed by atoms with Crippen molar-refractivity contribution in [2.75, 3.05) is 0 Å². The molecule has 2 rings (SSSR count). The van der Waals surface area contributed by atoms with Crippen molar-refractivity contribution in [2.24, 2.45) is 5.73 Å². The summed E-state index contributed by atoms with van der Waals surface area (Å²) in [5.74, 6) is -0.418. The summed E-state index contributed by atoms with van der Waals surface area (Å²) in [5, 5.41) is 3.77. The molecule has 0 bridgehead atoms. The van der Waals surface area contributed by atoms with E-state index in [0.717, 1.165) is 12.4 Å². The fraction of sp³-hybridized carbons (Fsp3) is 0.357. The van der Waals surface area contributed by atoms with E-state index < -0.39 is 29.6 Å². The molecule has 1 heterocycles. The molecule has 21 heavy (non-hydrogen) atoms. The van der Waals surface area contributed by atoms with Crippen molar-refractivity contribution in [1.29, 1.82) is 0 Å². The Balaban J connectivity index is 2.41. The standard InChI is InChI=1S/C14H15F4N3/c1-2-12(19)13(9-3-5-11(15)6-4-9)21-8-10(7-20-21)14(16,17)18/h3-8,12-13H,2,19H2,1H3. The van der Waals surface area contributed by atoms with Crippen molar-refractivity contribution in [1.82, 2.24) is 9.78 Å². The van der Waals surface area contributed by atoms with Crippen LogP contribution < -0.4 is 5.73 Å². The Kier molecular flexibility index (Phi) is 4.32. The largest absolute Gasteiger partial charge is 0.419 e. The summed E-state index contributed by atoms with van der Waals surface area (Å²) >= 11 is 0. The smallest absolute Gasteiger partial charge is 0.326 e. The van der Waals surface area contributed by atoms with Gasteiger partial charge >= 0.3 is 6.18 Å². The number of benzene rings is 1. The molecule has 0 radical (unpaired) electrons. The molecule has 0 saturated heterocycles. The van der Waals surface area contributed by atoms with Gasteiger partial charge in [0.2, 0.25) is 0 Å². The quantitative estimate of drug-likeness (QED) is 0.880. The van der Waals surface area contributed by atoms with Crippen LogP contribution in [0.4, 0.5) is 17.6 Å². The van der Waals surface area contributed by atoms with Crippen LogP contribution in [-0.2, 0) is 6.18 Å². The Morgan fingerprint density at radius 2 is 1.86 bits per heavy atom. The van der Waals surface area contributed by atoms with Crippen LogP contribution in [0.2, 0.25) is 0 Å². The lowest BCUT2D eigenvalue weighted by molar-refractivity contribution is -0.137. The molecule has 2 unspecified atom stereocenters. The highest BCUT2D eigenvalue weighted by atomic mass is 19.4. The van der Waals surface area contributed by atoms with Gasteiger partial charge < -0.3 is 5.73 Å². The van der Waals surface area contributed by atoms with E-state index >= 15 is 0 Å². The lowest BCUT2D eigenvalue weighted by Crippen LogP contribution is -2.32. The fourth-order valence-electron chi connectivity index (χ4n) is 2.12. The lowest BCUT2D eigenvalue weighted by Gasteiger charge is -2.24. The van der Waals surface area contributed by atoms with Crippen molar-refractivity contribution in [3.05, 3.63) is 53.6 Å². The second kappa shape index (κ2) is 5.85. The van der Waals surface area contributed by atoms with Crippen LogP contribution in [0.15, 0.2) is 36.7 Å². The molecule has 0 fully saturated rings. The van der Waals surface area contributed by atoms with E-state index in [1.807, 2.05) is 6.92 Å². The van der Waals surface area contributed by atoms with E-state index in [0.29, 0.717) is 12.0 Å². The number of aromatic nitrogens is 2. The number of nitrogens with two attached hydrogens (primary N) is 1. The summed E-state index contributed by atoms with van der Waals surface area (Å²) in [6.07, 6.45) is -2.23. The van der Waals surface area contributed by atoms with Gasteiger partial charge in [-0.1, -0.05) is 19.1 Å². The van der Waals surface area contributed by atoms with Gasteiger partial charge in [0.1, 0.15) is 5.82 Å². The van der Waals surface area contributed by atoms with Crippen molar-refractivity contribution >= 4 is 0 Å². The van der Waals surface area contributed by atoms with Crippen LogP contribution in [0.25, 0.3) is 0 Å². The Bertz CT molecular complexity index is 589. The molecule has 0 aliphatic carbocycles. The zero-order chi connectivity index (χ0) is 15.6. The minimum Gasteiger partial charge on any atom is -0.326 e. The number of hydrogen-bond acceptors (Lipinski definition) is 2. The summed E-state index contributed by atoms with van der Waals surface area (Å²) < 4.78 is 52.2. The average Bonchev–Trinajstić information content (AvgIpc) is 2.90. The maximum Gasteiger partial charge on any atom is 0.419 e. The third-order valence-corrected chi connectivity index (χ3v) is 3.30. The average molecular weight is 301 g/mol. The number of halogens is 4. The van der Waals surface area contributed by atoms with E-state index in [2.05, 4.69) is 5.10 Å². The second-order valence-electron chi connectivity index (χ2n) is 4.78. The normalized spacial score (nSPS) is 15.0. The molecule has 114 valence electrons. The highest BCUT2D eigenvalue weighted by molar-refractivity contribution is 5.23. The molecular formula is C14H15F4N3. The zero-order valence-corrected chi connectivity index (χ0v) is 11.3. The molecule has 3 nitrogen and oxygen atoms in total. The zero-order valence-electron chi connectivity index (χ0n) is 11.3. The minimum atomic E-state index is -4.46. The van der Waals surface area contributed by atoms with Crippen LogP contribution in [0.1, 0.15) is 30.5 Å². The lowest BCUT2D eigenvalue weighted by atomic mass is 9.98. The number of rotatable bonds is 4. The van der Waals surface area contributed by atoms with E-state index in [1.165, 1.54) is 28.9 Å². The first-order chi connectivity index (χ1) is 9.82. The van der Waals surface area contributed by atoms with Crippen molar-refractivity contribution in [2.45, 2.75) is 31.6 Å². The topological polar surface area (TPSA) is 43.8 Å². The predicted octanol–water partition coefficient (Wildman–Crippen LogP) is 3.37. The third kappa shape index (κ3) is 3.41. The molecule has 2 atom stereocenters. The van der Waals surface area contributed by atoms with Crippen molar-refractivity contribution < 1.29 is 17.6 Å². The Morgan fingerprint density at radius 1 is 1.24 bits per heavy atom. The highest BCUT2D eigenvalue weighted by Gasteiger charge is 2.33. The molecule has 1 aromatic heterocycles. The SMILES string of the molecule is CCC(N)C(c1ccc(F)cc1)n1cc(C(F)(F)F)cn1. The first-order valence-corrected chi connectivity index (χ1v) is 6.45. The maximum atomic E-state index is 13.0. The summed E-state index contributed by atoms with van der Waals surface area (Å²) in [7, 11) is 0. The summed E-state index contributed by atoms with van der Waals surface area (Å²) in [5.41, 5.74) is 5.78. The number of nitrogens with zero attached hydrogens (tertiary/aromatic N) is 2. The monoisotopic (exact) mass is 301 g/mol. The number of alkyl halides is 3. The minimum absolute atomic E-state index is 0.418. The van der Waals surface area contributed by atoms with Gasteiger partial charge in [-0.25, -0.2) is 4.39 Å². The van der Waals surface area contributed by atoms with Gasteiger partial charge in [-0.05, 0) is 24.1 Å². The van der Waals surface area contributed by atoms with Crippen LogP contribution in [0.3, 0.4) is 0 Å². The fourth-order valence-corrected chi connectivity index (χ4v) is 2.12. The van der Waals surface area contributed by atoms with Gasteiger partial charge in [-0.3, -0.25) is 4.68 Å². The molecule has 7 heteroatoms. The first kappa shape index (κ1) is 15.5. The molecule has 1 aromatic carbocycles. The third-order valence-electron chi connectivity index (χ3n) is 3.30. The molecular weight excluding hydrogens is 286 g/mol. The first-order valence-electron chi connectivity index (χ1n) is 6.45. The Labute approximate surface area is 119 Å². The van der Waals surface area contributed by atoms with Crippen LogP contribution in [0, 0.1) is 5.82 Å². The Hall–Kier alpha value is -1.89. The number of hydrogen-bond donors (Lipinski definition) is 1. The van der Waals surface area contributed by atoms with Gasteiger partial charge in [-0.2, -0.15) is 18.3 Å². The summed E-state index contributed by atoms with van der Waals surface area (Å²) in [6, 6.07) is 4.50. The second-order valence-corrected chi connectivity index (χ2v) is 4.78. The maximum absolute atomic E-state index is 13.0. The molecule has 0 amide bonds. The molecule has 0 spiro atoms. The van der Waals surface area contributed by atoms with Crippen molar-refractivity contribution in [3.8, 4) is 0 Å². The molecule has 0 aliphatic rings. The molecule has 0 saturated carbocycles. The van der Waals surface area contributed by atoms with Gasteiger partial charge in [0, 0.05) is 12.2 Å². The predicted molar refractivity (Wildman–Crippen MR) is 70.0 cm³/mol. The van der Waals surface area contributed by atoms with Gasteiger partial charge in [0.15, 0.2) is 0 Å². The highest BCUT2D eigenvalue weighted by Crippen LogP contribution is 2.31. The molecule has 0 aliphatic heterocycles. The molecule has 2 aromatic rings. The van der Waals surface area contributed by atoms with E-state index in [1.54, 1.807) is 0 Å².